The van der Waals surface area contributed by atoms with Crippen LogP contribution in [0.25, 0.3) is 0 Å². The van der Waals surface area contributed by atoms with Crippen molar-refractivity contribution in [2.75, 3.05) is 5.73 Å². The van der Waals surface area contributed by atoms with Crippen LogP contribution >= 0.6 is 0 Å². The predicted octanol–water partition coefficient (Wildman–Crippen LogP) is -0.0677. The number of sulfonamides is 1. The maximum absolute atomic E-state index is 11.9. The molecule has 0 fully saturated rings. The highest BCUT2D eigenvalue weighted by Crippen LogP contribution is 2.07. The minimum Gasteiger partial charge on any atom is -0.368 e. The Hall–Kier alpha value is -2.06. The Morgan fingerprint density at radius 1 is 1.22 bits per heavy atom. The van der Waals surface area contributed by atoms with Crippen LogP contribution in [0.3, 0.4) is 0 Å². The van der Waals surface area contributed by atoms with Crippen LogP contribution in [0, 0.1) is 0 Å². The van der Waals surface area contributed by atoms with Gasteiger partial charge in [0.1, 0.15) is 4.90 Å². The van der Waals surface area contributed by atoms with Gasteiger partial charge in [-0.25, -0.2) is 23.1 Å². The monoisotopic (exact) mass is 265 g/mol. The second kappa shape index (κ2) is 5.07. The first-order valence-electron chi connectivity index (χ1n) is 5.04. The quantitative estimate of drug-likeness (QED) is 0.800. The molecule has 0 aliphatic rings. The molecule has 2 aromatic heterocycles. The molecule has 0 saturated carbocycles. The van der Waals surface area contributed by atoms with Crippen LogP contribution in [0.2, 0.25) is 0 Å². The van der Waals surface area contributed by atoms with Crippen LogP contribution in [-0.4, -0.2) is 23.4 Å². The molecule has 0 bridgehead atoms. The third-order valence-electron chi connectivity index (χ3n) is 2.15. The van der Waals surface area contributed by atoms with Gasteiger partial charge in [-0.05, 0) is 11.6 Å². The number of nitrogens with zero attached hydrogens (tertiary/aromatic N) is 3. The minimum absolute atomic E-state index is 0.0272. The average Bonchev–Trinajstić information content (AvgIpc) is 2.38. The van der Waals surface area contributed by atoms with E-state index in [4.69, 9.17) is 5.73 Å². The molecule has 0 radical (unpaired) electrons. The summed E-state index contributed by atoms with van der Waals surface area (Å²) in [5, 5.41) is 0. The zero-order valence-electron chi connectivity index (χ0n) is 9.31. The Labute approximate surface area is 104 Å². The van der Waals surface area contributed by atoms with Gasteiger partial charge in [-0.1, -0.05) is 6.07 Å². The lowest BCUT2D eigenvalue weighted by Crippen LogP contribution is -2.23. The number of hydrogen-bond donors (Lipinski definition) is 2. The molecule has 18 heavy (non-hydrogen) atoms. The molecule has 0 spiro atoms. The summed E-state index contributed by atoms with van der Waals surface area (Å²) >= 11 is 0. The van der Waals surface area contributed by atoms with Gasteiger partial charge in [0, 0.05) is 18.9 Å². The topological polar surface area (TPSA) is 111 Å². The van der Waals surface area contributed by atoms with Gasteiger partial charge in [-0.15, -0.1) is 0 Å². The molecule has 0 amide bonds. The van der Waals surface area contributed by atoms with E-state index in [1.165, 1.54) is 0 Å². The molecule has 2 heterocycles. The van der Waals surface area contributed by atoms with Gasteiger partial charge in [-0.3, -0.25) is 4.98 Å². The van der Waals surface area contributed by atoms with Crippen LogP contribution < -0.4 is 10.5 Å². The lowest BCUT2D eigenvalue weighted by molar-refractivity contribution is 0.580. The van der Waals surface area contributed by atoms with Gasteiger partial charge < -0.3 is 5.73 Å². The molecule has 3 N–H and O–H groups in total. The fraction of sp³-hybridized carbons (Fsp3) is 0.100. The molecule has 8 heteroatoms. The van der Waals surface area contributed by atoms with Crippen molar-refractivity contribution in [3.05, 3.63) is 42.5 Å². The molecular weight excluding hydrogens is 254 g/mol. The lowest BCUT2D eigenvalue weighted by atomic mass is 10.3. The molecule has 0 unspecified atom stereocenters. The summed E-state index contributed by atoms with van der Waals surface area (Å²) in [5.74, 6) is 0.0289. The van der Waals surface area contributed by atoms with Crippen molar-refractivity contribution in [3.8, 4) is 0 Å². The van der Waals surface area contributed by atoms with Crippen molar-refractivity contribution in [1.82, 2.24) is 19.7 Å². The summed E-state index contributed by atoms with van der Waals surface area (Å²) in [4.78, 5) is 11.1. The highest BCUT2D eigenvalue weighted by molar-refractivity contribution is 7.89. The molecule has 0 aromatic carbocycles. The van der Waals surface area contributed by atoms with Crippen LogP contribution in [0.4, 0.5) is 5.95 Å². The Balaban J connectivity index is 2.11. The number of rotatable bonds is 4. The number of nitrogens with two attached hydrogens (primary N) is 1. The maximum Gasteiger partial charge on any atom is 0.243 e. The summed E-state index contributed by atoms with van der Waals surface area (Å²) in [6, 6.07) is 3.50. The van der Waals surface area contributed by atoms with Gasteiger partial charge in [-0.2, -0.15) is 0 Å². The van der Waals surface area contributed by atoms with E-state index in [9.17, 15) is 8.42 Å². The third kappa shape index (κ3) is 2.99. The molecule has 0 atom stereocenters. The fourth-order valence-corrected chi connectivity index (χ4v) is 2.14. The number of nitrogens with one attached hydrogen (secondary N) is 1. The molecule has 0 saturated heterocycles. The maximum atomic E-state index is 11.9. The van der Waals surface area contributed by atoms with Crippen molar-refractivity contribution < 1.29 is 8.42 Å². The van der Waals surface area contributed by atoms with Gasteiger partial charge in [0.25, 0.3) is 0 Å². The standard InChI is InChI=1S/C10H11N5O2S/c11-10-13-6-9(7-14-10)18(16,17)15-5-8-2-1-3-12-4-8/h1-4,6-7,15H,5H2,(H2,11,13,14). The number of anilines is 1. The first-order valence-corrected chi connectivity index (χ1v) is 6.52. The van der Waals surface area contributed by atoms with E-state index in [2.05, 4.69) is 19.7 Å². The smallest absolute Gasteiger partial charge is 0.243 e. The van der Waals surface area contributed by atoms with Gasteiger partial charge >= 0.3 is 0 Å². The van der Waals surface area contributed by atoms with E-state index in [0.717, 1.165) is 18.0 Å². The van der Waals surface area contributed by atoms with Crippen LogP contribution in [-0.2, 0) is 16.6 Å². The van der Waals surface area contributed by atoms with Gasteiger partial charge in [0.2, 0.25) is 16.0 Å². The van der Waals surface area contributed by atoms with E-state index in [1.54, 1.807) is 24.5 Å². The summed E-state index contributed by atoms with van der Waals surface area (Å²) in [7, 11) is -3.63. The number of aromatic nitrogens is 3. The minimum atomic E-state index is -3.63. The summed E-state index contributed by atoms with van der Waals surface area (Å²) in [6.45, 7) is 0.153. The third-order valence-corrected chi connectivity index (χ3v) is 3.50. The van der Waals surface area contributed by atoms with E-state index in [-0.39, 0.29) is 17.4 Å². The normalized spacial score (nSPS) is 11.3. The predicted molar refractivity (Wildman–Crippen MR) is 64.7 cm³/mol. The van der Waals surface area contributed by atoms with E-state index in [1.807, 2.05) is 0 Å². The fourth-order valence-electron chi connectivity index (χ4n) is 1.23. The van der Waals surface area contributed by atoms with Crippen LogP contribution in [0.1, 0.15) is 5.56 Å². The summed E-state index contributed by atoms with van der Waals surface area (Å²) < 4.78 is 26.2. The number of pyridine rings is 1. The van der Waals surface area contributed by atoms with Crippen molar-refractivity contribution in [3.63, 3.8) is 0 Å². The summed E-state index contributed by atoms with van der Waals surface area (Å²) in [5.41, 5.74) is 6.05. The van der Waals surface area contributed by atoms with Gasteiger partial charge in [0.15, 0.2) is 0 Å². The second-order valence-electron chi connectivity index (χ2n) is 3.46. The molecule has 0 aliphatic carbocycles. The highest BCUT2D eigenvalue weighted by Gasteiger charge is 2.14. The molecular formula is C10H11N5O2S. The molecule has 94 valence electrons. The Kier molecular flexibility index (Phi) is 3.49. The number of hydrogen-bond acceptors (Lipinski definition) is 6. The molecule has 2 rings (SSSR count). The molecule has 0 aliphatic heterocycles. The second-order valence-corrected chi connectivity index (χ2v) is 5.23. The van der Waals surface area contributed by atoms with Gasteiger partial charge in [0.05, 0.1) is 12.4 Å². The SMILES string of the molecule is Nc1ncc(S(=O)(=O)NCc2cccnc2)cn1. The van der Waals surface area contributed by atoms with E-state index < -0.39 is 10.0 Å². The van der Waals surface area contributed by atoms with E-state index in [0.29, 0.717) is 0 Å². The van der Waals surface area contributed by atoms with Crippen LogP contribution in [0.15, 0.2) is 41.8 Å². The molecule has 7 nitrogen and oxygen atoms in total. The van der Waals surface area contributed by atoms with Crippen molar-refractivity contribution in [2.45, 2.75) is 11.4 Å². The Morgan fingerprint density at radius 2 is 1.94 bits per heavy atom. The van der Waals surface area contributed by atoms with Crippen molar-refractivity contribution in [1.29, 1.82) is 0 Å². The first kappa shape index (κ1) is 12.4. The molecule has 2 aromatic rings. The zero-order valence-corrected chi connectivity index (χ0v) is 10.1. The first-order chi connectivity index (χ1) is 8.58. The van der Waals surface area contributed by atoms with Crippen LogP contribution in [0.5, 0.6) is 0 Å². The van der Waals surface area contributed by atoms with E-state index >= 15 is 0 Å². The van der Waals surface area contributed by atoms with Crippen molar-refractivity contribution >= 4 is 16.0 Å². The Morgan fingerprint density at radius 3 is 2.56 bits per heavy atom. The lowest BCUT2D eigenvalue weighted by Gasteiger charge is -2.05. The largest absolute Gasteiger partial charge is 0.368 e. The number of nitrogen functional groups attached to an aromatic ring is 1. The summed E-state index contributed by atoms with van der Waals surface area (Å²) in [6.07, 6.45) is 5.52. The average molecular weight is 265 g/mol. The Bertz CT molecular complexity index is 612. The zero-order chi connectivity index (χ0) is 13.0. The highest BCUT2D eigenvalue weighted by atomic mass is 32.2. The van der Waals surface area contributed by atoms with Crippen molar-refractivity contribution in [2.24, 2.45) is 0 Å².